The Balaban J connectivity index is 2.13. The standard InChI is InChI=1S/C12H10F4N2O/c13-11(14)12(15,16)6-18-10(19)8-5-17-9-4-2-1-3-7(8)9/h1-5,11,17H,6H2,(H,18,19). The second kappa shape index (κ2) is 4.91. The molecule has 1 amide bonds. The third-order valence-electron chi connectivity index (χ3n) is 2.64. The summed E-state index contributed by atoms with van der Waals surface area (Å²) in [7, 11) is 0. The molecule has 0 spiro atoms. The largest absolute Gasteiger partial charge is 0.360 e. The van der Waals surface area contributed by atoms with E-state index in [9.17, 15) is 22.4 Å². The highest BCUT2D eigenvalue weighted by Gasteiger charge is 2.40. The van der Waals surface area contributed by atoms with Gasteiger partial charge < -0.3 is 10.3 Å². The summed E-state index contributed by atoms with van der Waals surface area (Å²) in [4.78, 5) is 14.5. The summed E-state index contributed by atoms with van der Waals surface area (Å²) in [5, 5.41) is 2.35. The van der Waals surface area contributed by atoms with E-state index in [0.29, 0.717) is 10.9 Å². The summed E-state index contributed by atoms with van der Waals surface area (Å²) in [6.07, 6.45) is -2.46. The SMILES string of the molecule is O=C(NCC(F)(F)C(F)F)c1c[nH]c2ccccc12. The number of aromatic nitrogens is 1. The van der Waals surface area contributed by atoms with Crippen molar-refractivity contribution in [1.82, 2.24) is 10.3 Å². The van der Waals surface area contributed by atoms with Gasteiger partial charge >= 0.3 is 12.3 Å². The van der Waals surface area contributed by atoms with E-state index in [4.69, 9.17) is 0 Å². The molecular weight excluding hydrogens is 264 g/mol. The van der Waals surface area contributed by atoms with Crippen LogP contribution < -0.4 is 5.32 Å². The van der Waals surface area contributed by atoms with Gasteiger partial charge in [0.1, 0.15) is 0 Å². The fraction of sp³-hybridized carbons (Fsp3) is 0.250. The van der Waals surface area contributed by atoms with Gasteiger partial charge in [0.25, 0.3) is 5.91 Å². The van der Waals surface area contributed by atoms with E-state index in [1.54, 1.807) is 24.3 Å². The number of aromatic amines is 1. The van der Waals surface area contributed by atoms with E-state index in [0.717, 1.165) is 0 Å². The lowest BCUT2D eigenvalue weighted by molar-refractivity contribution is -0.123. The maximum absolute atomic E-state index is 12.7. The molecule has 0 atom stereocenters. The predicted molar refractivity (Wildman–Crippen MR) is 61.6 cm³/mol. The summed E-state index contributed by atoms with van der Waals surface area (Å²) in [5.74, 6) is -5.06. The summed E-state index contributed by atoms with van der Waals surface area (Å²) in [6, 6.07) is 6.76. The zero-order valence-electron chi connectivity index (χ0n) is 9.59. The number of benzene rings is 1. The molecule has 0 saturated heterocycles. The third-order valence-corrected chi connectivity index (χ3v) is 2.64. The van der Waals surface area contributed by atoms with Gasteiger partial charge in [0.05, 0.1) is 12.1 Å². The number of nitrogens with one attached hydrogen (secondary N) is 2. The Morgan fingerprint density at radius 2 is 2.00 bits per heavy atom. The number of fused-ring (bicyclic) bond motifs is 1. The predicted octanol–water partition coefficient (Wildman–Crippen LogP) is 2.80. The van der Waals surface area contributed by atoms with Crippen molar-refractivity contribution in [1.29, 1.82) is 0 Å². The number of H-pyrrole nitrogens is 1. The van der Waals surface area contributed by atoms with Crippen LogP contribution in [0.4, 0.5) is 17.6 Å². The molecule has 2 N–H and O–H groups in total. The first kappa shape index (κ1) is 13.4. The number of rotatable bonds is 4. The number of alkyl halides is 4. The molecule has 1 aromatic carbocycles. The average molecular weight is 274 g/mol. The maximum Gasteiger partial charge on any atom is 0.324 e. The maximum atomic E-state index is 12.7. The van der Waals surface area contributed by atoms with E-state index in [1.807, 2.05) is 5.32 Å². The van der Waals surface area contributed by atoms with E-state index in [2.05, 4.69) is 4.98 Å². The number of carbonyl (C=O) groups is 1. The van der Waals surface area contributed by atoms with Crippen LogP contribution in [0.2, 0.25) is 0 Å². The minimum absolute atomic E-state index is 0.140. The van der Waals surface area contributed by atoms with Crippen LogP contribution in [0.25, 0.3) is 10.9 Å². The summed E-state index contributed by atoms with van der Waals surface area (Å²) in [5.41, 5.74) is 0.800. The normalized spacial score (nSPS) is 12.1. The second-order valence-electron chi connectivity index (χ2n) is 3.99. The fourth-order valence-electron chi connectivity index (χ4n) is 1.63. The Hall–Kier alpha value is -2.05. The lowest BCUT2D eigenvalue weighted by atomic mass is 10.1. The first-order chi connectivity index (χ1) is 8.92. The van der Waals surface area contributed by atoms with Gasteiger partial charge in [-0.1, -0.05) is 18.2 Å². The van der Waals surface area contributed by atoms with Gasteiger partial charge in [-0.15, -0.1) is 0 Å². The molecule has 3 nitrogen and oxygen atoms in total. The molecule has 1 heterocycles. The topological polar surface area (TPSA) is 44.9 Å². The minimum Gasteiger partial charge on any atom is -0.360 e. The van der Waals surface area contributed by atoms with Gasteiger partial charge in [0, 0.05) is 17.1 Å². The number of hydrogen-bond acceptors (Lipinski definition) is 1. The molecule has 102 valence electrons. The van der Waals surface area contributed by atoms with Crippen molar-refractivity contribution in [3.63, 3.8) is 0 Å². The van der Waals surface area contributed by atoms with Gasteiger partial charge in [-0.05, 0) is 6.07 Å². The molecule has 0 radical (unpaired) electrons. The highest BCUT2D eigenvalue weighted by Crippen LogP contribution is 2.22. The zero-order chi connectivity index (χ0) is 14.0. The van der Waals surface area contributed by atoms with E-state index < -0.39 is 24.8 Å². The van der Waals surface area contributed by atoms with Gasteiger partial charge in [0.2, 0.25) is 0 Å². The summed E-state index contributed by atoms with van der Waals surface area (Å²) < 4.78 is 49.3. The highest BCUT2D eigenvalue weighted by atomic mass is 19.3. The van der Waals surface area contributed by atoms with Gasteiger partial charge in [-0.25, -0.2) is 8.78 Å². The van der Waals surface area contributed by atoms with E-state index in [1.165, 1.54) is 6.20 Å². The molecule has 0 saturated carbocycles. The molecule has 2 aromatic rings. The third kappa shape index (κ3) is 2.69. The molecule has 0 aliphatic heterocycles. The van der Waals surface area contributed by atoms with Crippen LogP contribution in [-0.2, 0) is 0 Å². The molecule has 7 heteroatoms. The van der Waals surface area contributed by atoms with Crippen LogP contribution in [0.3, 0.4) is 0 Å². The van der Waals surface area contributed by atoms with Crippen molar-refractivity contribution in [2.45, 2.75) is 12.3 Å². The van der Waals surface area contributed by atoms with Crippen molar-refractivity contribution < 1.29 is 22.4 Å². The number of hydrogen-bond donors (Lipinski definition) is 2. The number of amides is 1. The Labute approximate surface area is 105 Å². The first-order valence-corrected chi connectivity index (χ1v) is 5.42. The molecule has 19 heavy (non-hydrogen) atoms. The van der Waals surface area contributed by atoms with E-state index >= 15 is 0 Å². The Morgan fingerprint density at radius 1 is 1.32 bits per heavy atom. The average Bonchev–Trinajstić information content (AvgIpc) is 2.79. The van der Waals surface area contributed by atoms with Crippen molar-refractivity contribution in [3.8, 4) is 0 Å². The van der Waals surface area contributed by atoms with Gasteiger partial charge in [-0.3, -0.25) is 4.79 Å². The number of carbonyl (C=O) groups excluding carboxylic acids is 1. The second-order valence-corrected chi connectivity index (χ2v) is 3.99. The lowest BCUT2D eigenvalue weighted by Crippen LogP contribution is -2.41. The molecule has 0 aliphatic carbocycles. The lowest BCUT2D eigenvalue weighted by Gasteiger charge is -2.15. The van der Waals surface area contributed by atoms with Crippen LogP contribution in [-0.4, -0.2) is 29.8 Å². The summed E-state index contributed by atoms with van der Waals surface area (Å²) in [6.45, 7) is -1.40. The molecule has 1 aromatic heterocycles. The van der Waals surface area contributed by atoms with Gasteiger partial charge in [0.15, 0.2) is 0 Å². The van der Waals surface area contributed by atoms with Crippen LogP contribution >= 0.6 is 0 Å². The van der Waals surface area contributed by atoms with Crippen molar-refractivity contribution in [2.24, 2.45) is 0 Å². The Kier molecular flexibility index (Phi) is 3.46. The van der Waals surface area contributed by atoms with E-state index in [-0.39, 0.29) is 5.56 Å². The Morgan fingerprint density at radius 3 is 2.68 bits per heavy atom. The van der Waals surface area contributed by atoms with Crippen LogP contribution in [0.15, 0.2) is 30.5 Å². The first-order valence-electron chi connectivity index (χ1n) is 5.42. The van der Waals surface area contributed by atoms with Crippen molar-refractivity contribution in [2.75, 3.05) is 6.54 Å². The molecular formula is C12H10F4N2O. The van der Waals surface area contributed by atoms with Crippen LogP contribution in [0.1, 0.15) is 10.4 Å². The van der Waals surface area contributed by atoms with Crippen LogP contribution in [0, 0.1) is 0 Å². The molecule has 2 rings (SSSR count). The molecule has 0 unspecified atom stereocenters. The zero-order valence-corrected chi connectivity index (χ0v) is 9.59. The Bertz CT molecular complexity index is 594. The molecule has 0 aliphatic rings. The van der Waals surface area contributed by atoms with Crippen molar-refractivity contribution in [3.05, 3.63) is 36.0 Å². The molecule has 0 bridgehead atoms. The smallest absolute Gasteiger partial charge is 0.324 e. The summed E-state index contributed by atoms with van der Waals surface area (Å²) >= 11 is 0. The highest BCUT2D eigenvalue weighted by molar-refractivity contribution is 6.06. The minimum atomic E-state index is -4.23. The van der Waals surface area contributed by atoms with Gasteiger partial charge in [-0.2, -0.15) is 8.78 Å². The monoisotopic (exact) mass is 274 g/mol. The quantitative estimate of drug-likeness (QED) is 0.827. The molecule has 0 fully saturated rings. The van der Waals surface area contributed by atoms with Crippen molar-refractivity contribution >= 4 is 16.8 Å². The fourth-order valence-corrected chi connectivity index (χ4v) is 1.63. The van der Waals surface area contributed by atoms with Crippen LogP contribution in [0.5, 0.6) is 0 Å². The number of para-hydroxylation sites is 1. The number of halogens is 4.